The summed E-state index contributed by atoms with van der Waals surface area (Å²) in [6.07, 6.45) is 0. The van der Waals surface area contributed by atoms with Crippen LogP contribution in [0.5, 0.6) is 5.75 Å². The lowest BCUT2D eigenvalue weighted by Gasteiger charge is -2.08. The molecular weight excluding hydrogens is 273 g/mol. The molecule has 1 aromatic carbocycles. The predicted octanol–water partition coefficient (Wildman–Crippen LogP) is 3.84. The van der Waals surface area contributed by atoms with Crippen LogP contribution >= 0.6 is 22.9 Å². The van der Waals surface area contributed by atoms with Crippen LogP contribution < -0.4 is 10.1 Å². The maximum Gasteiger partial charge on any atom is 0.169 e. The van der Waals surface area contributed by atoms with Crippen molar-refractivity contribution in [2.45, 2.75) is 13.1 Å². The Bertz CT molecular complexity index is 529. The van der Waals surface area contributed by atoms with Crippen molar-refractivity contribution in [2.75, 3.05) is 7.11 Å². The SMILES string of the molecule is COc1cccc(CNCc2ccc(Cl)s2)c1F. The highest BCUT2D eigenvalue weighted by Crippen LogP contribution is 2.22. The van der Waals surface area contributed by atoms with Gasteiger partial charge >= 0.3 is 0 Å². The molecule has 0 fully saturated rings. The molecule has 2 nitrogen and oxygen atoms in total. The molecular formula is C13H13ClFNOS. The van der Waals surface area contributed by atoms with E-state index in [-0.39, 0.29) is 11.6 Å². The van der Waals surface area contributed by atoms with Crippen molar-refractivity contribution in [3.05, 3.63) is 50.9 Å². The maximum absolute atomic E-state index is 13.8. The van der Waals surface area contributed by atoms with Gasteiger partial charge in [-0.2, -0.15) is 0 Å². The van der Waals surface area contributed by atoms with Crippen molar-refractivity contribution in [3.8, 4) is 5.75 Å². The summed E-state index contributed by atoms with van der Waals surface area (Å²) in [6, 6.07) is 8.95. The third kappa shape index (κ3) is 3.22. The first kappa shape index (κ1) is 13.3. The lowest BCUT2D eigenvalue weighted by molar-refractivity contribution is 0.383. The van der Waals surface area contributed by atoms with Gasteiger partial charge in [-0.15, -0.1) is 11.3 Å². The van der Waals surface area contributed by atoms with Crippen LogP contribution in [0.15, 0.2) is 30.3 Å². The Kier molecular flexibility index (Phi) is 4.58. The van der Waals surface area contributed by atoms with Crippen LogP contribution in [0.4, 0.5) is 4.39 Å². The van der Waals surface area contributed by atoms with E-state index in [1.807, 2.05) is 12.1 Å². The van der Waals surface area contributed by atoms with E-state index in [4.69, 9.17) is 16.3 Å². The van der Waals surface area contributed by atoms with E-state index in [1.54, 1.807) is 18.2 Å². The van der Waals surface area contributed by atoms with Gasteiger partial charge in [0.2, 0.25) is 0 Å². The summed E-state index contributed by atoms with van der Waals surface area (Å²) in [5.41, 5.74) is 0.594. The van der Waals surface area contributed by atoms with Crippen LogP contribution in [-0.2, 0) is 13.1 Å². The van der Waals surface area contributed by atoms with Crippen LogP contribution in [-0.4, -0.2) is 7.11 Å². The summed E-state index contributed by atoms with van der Waals surface area (Å²) >= 11 is 7.35. The molecule has 0 bridgehead atoms. The summed E-state index contributed by atoms with van der Waals surface area (Å²) in [5.74, 6) is -0.0369. The Balaban J connectivity index is 1.94. The topological polar surface area (TPSA) is 21.3 Å². The van der Waals surface area contributed by atoms with E-state index >= 15 is 0 Å². The molecule has 1 N–H and O–H groups in total. The lowest BCUT2D eigenvalue weighted by Crippen LogP contribution is -2.13. The Morgan fingerprint density at radius 2 is 2.11 bits per heavy atom. The molecule has 0 atom stereocenters. The Morgan fingerprint density at radius 1 is 1.28 bits per heavy atom. The summed E-state index contributed by atoms with van der Waals surface area (Å²) < 4.78 is 19.5. The van der Waals surface area contributed by atoms with E-state index in [0.717, 1.165) is 9.21 Å². The zero-order valence-corrected chi connectivity index (χ0v) is 11.4. The molecule has 1 aromatic heterocycles. The molecule has 0 aliphatic heterocycles. The highest BCUT2D eigenvalue weighted by atomic mass is 35.5. The fourth-order valence-corrected chi connectivity index (χ4v) is 2.67. The minimum Gasteiger partial charge on any atom is -0.494 e. The summed E-state index contributed by atoms with van der Waals surface area (Å²) in [7, 11) is 1.46. The highest BCUT2D eigenvalue weighted by Gasteiger charge is 2.07. The van der Waals surface area contributed by atoms with Crippen LogP contribution in [0, 0.1) is 5.82 Å². The van der Waals surface area contributed by atoms with E-state index in [1.165, 1.54) is 18.4 Å². The molecule has 0 aliphatic rings. The van der Waals surface area contributed by atoms with Gasteiger partial charge in [-0.1, -0.05) is 23.7 Å². The van der Waals surface area contributed by atoms with Crippen LogP contribution in [0.25, 0.3) is 0 Å². The molecule has 5 heteroatoms. The fourth-order valence-electron chi connectivity index (χ4n) is 1.62. The number of halogens is 2. The second-order valence-corrected chi connectivity index (χ2v) is 5.54. The summed E-state index contributed by atoms with van der Waals surface area (Å²) in [5, 5.41) is 3.18. The quantitative estimate of drug-likeness (QED) is 0.901. The molecule has 0 aliphatic carbocycles. The van der Waals surface area contributed by atoms with Crippen LogP contribution in [0.2, 0.25) is 4.34 Å². The van der Waals surface area contributed by atoms with Crippen LogP contribution in [0.3, 0.4) is 0 Å². The molecule has 0 saturated carbocycles. The normalized spacial score (nSPS) is 10.6. The van der Waals surface area contributed by atoms with Gasteiger partial charge in [0.1, 0.15) is 0 Å². The lowest BCUT2D eigenvalue weighted by atomic mass is 10.2. The smallest absolute Gasteiger partial charge is 0.169 e. The highest BCUT2D eigenvalue weighted by molar-refractivity contribution is 7.16. The fraction of sp³-hybridized carbons (Fsp3) is 0.231. The predicted molar refractivity (Wildman–Crippen MR) is 72.8 cm³/mol. The first-order valence-electron chi connectivity index (χ1n) is 5.47. The van der Waals surface area contributed by atoms with Gasteiger partial charge < -0.3 is 10.1 Å². The first-order chi connectivity index (χ1) is 8.70. The number of hydrogen-bond donors (Lipinski definition) is 1. The molecule has 0 radical (unpaired) electrons. The molecule has 2 aromatic rings. The monoisotopic (exact) mass is 285 g/mol. The molecule has 0 unspecified atom stereocenters. The number of nitrogens with one attached hydrogen (secondary N) is 1. The van der Waals surface area contributed by atoms with E-state index in [0.29, 0.717) is 18.7 Å². The minimum atomic E-state index is -0.309. The van der Waals surface area contributed by atoms with Crippen molar-refractivity contribution in [1.29, 1.82) is 0 Å². The van der Waals surface area contributed by atoms with Crippen molar-refractivity contribution >= 4 is 22.9 Å². The number of hydrogen-bond acceptors (Lipinski definition) is 3. The second kappa shape index (κ2) is 6.18. The average Bonchev–Trinajstić information content (AvgIpc) is 2.77. The van der Waals surface area contributed by atoms with Gasteiger partial charge in [0.05, 0.1) is 11.4 Å². The molecule has 1 heterocycles. The van der Waals surface area contributed by atoms with Crippen molar-refractivity contribution in [1.82, 2.24) is 5.32 Å². The minimum absolute atomic E-state index is 0.272. The Hall–Kier alpha value is -1.10. The van der Waals surface area contributed by atoms with Gasteiger partial charge in [-0.25, -0.2) is 4.39 Å². The number of thiophene rings is 1. The van der Waals surface area contributed by atoms with E-state index < -0.39 is 0 Å². The largest absolute Gasteiger partial charge is 0.494 e. The number of ether oxygens (including phenoxy) is 1. The van der Waals surface area contributed by atoms with Gasteiger partial charge in [0.25, 0.3) is 0 Å². The molecule has 0 saturated heterocycles. The third-order valence-corrected chi connectivity index (χ3v) is 3.74. The molecule has 96 valence electrons. The summed E-state index contributed by atoms with van der Waals surface area (Å²) in [4.78, 5) is 1.13. The molecule has 0 amide bonds. The van der Waals surface area contributed by atoms with Crippen molar-refractivity contribution in [2.24, 2.45) is 0 Å². The van der Waals surface area contributed by atoms with Gasteiger partial charge in [0.15, 0.2) is 11.6 Å². The van der Waals surface area contributed by atoms with Gasteiger partial charge in [-0.3, -0.25) is 0 Å². The van der Waals surface area contributed by atoms with E-state index in [2.05, 4.69) is 5.32 Å². The zero-order chi connectivity index (χ0) is 13.0. The summed E-state index contributed by atoms with van der Waals surface area (Å²) in [6.45, 7) is 1.13. The van der Waals surface area contributed by atoms with Gasteiger partial charge in [-0.05, 0) is 18.2 Å². The van der Waals surface area contributed by atoms with Crippen LogP contribution in [0.1, 0.15) is 10.4 Å². The van der Waals surface area contributed by atoms with Crippen molar-refractivity contribution < 1.29 is 9.13 Å². The second-order valence-electron chi connectivity index (χ2n) is 3.74. The van der Waals surface area contributed by atoms with E-state index in [9.17, 15) is 4.39 Å². The Labute approximate surface area is 114 Å². The average molecular weight is 286 g/mol. The van der Waals surface area contributed by atoms with Gasteiger partial charge in [0, 0.05) is 23.5 Å². The third-order valence-electron chi connectivity index (χ3n) is 2.51. The molecule has 0 spiro atoms. The van der Waals surface area contributed by atoms with Crippen molar-refractivity contribution in [3.63, 3.8) is 0 Å². The zero-order valence-electron chi connectivity index (χ0n) is 9.87. The molecule has 2 rings (SSSR count). The number of methoxy groups -OCH3 is 1. The molecule has 18 heavy (non-hydrogen) atoms. The Morgan fingerprint density at radius 3 is 2.78 bits per heavy atom. The number of rotatable bonds is 5. The maximum atomic E-state index is 13.8. The standard InChI is InChI=1S/C13H13ClFNOS/c1-17-11-4-2-3-9(13(11)15)7-16-8-10-5-6-12(14)18-10/h2-6,16H,7-8H2,1H3. The number of benzene rings is 1. The first-order valence-corrected chi connectivity index (χ1v) is 6.66.